The molecule has 0 saturated heterocycles. The fraction of sp³-hybridized carbons (Fsp3) is 0.250. The first-order chi connectivity index (χ1) is 10.0. The van der Waals surface area contributed by atoms with Crippen molar-refractivity contribution in [1.82, 2.24) is 5.32 Å². The van der Waals surface area contributed by atoms with E-state index in [1.54, 1.807) is 18.2 Å². The lowest BCUT2D eigenvalue weighted by Crippen LogP contribution is -2.24. The summed E-state index contributed by atoms with van der Waals surface area (Å²) in [5.41, 5.74) is 0.982. The van der Waals surface area contributed by atoms with Crippen LogP contribution in [-0.2, 0) is 6.42 Å². The van der Waals surface area contributed by atoms with Crippen LogP contribution in [0.2, 0.25) is 5.02 Å². The van der Waals surface area contributed by atoms with E-state index < -0.39 is 0 Å². The highest BCUT2D eigenvalue weighted by Gasteiger charge is 2.17. The Balaban J connectivity index is 2.32. The van der Waals surface area contributed by atoms with Crippen molar-refractivity contribution >= 4 is 27.5 Å². The predicted molar refractivity (Wildman–Crippen MR) is 85.6 cm³/mol. The van der Waals surface area contributed by atoms with E-state index in [0.29, 0.717) is 33.6 Å². The van der Waals surface area contributed by atoms with Crippen LogP contribution in [0.5, 0.6) is 0 Å². The van der Waals surface area contributed by atoms with Crippen LogP contribution < -0.4 is 5.32 Å². The molecule has 1 nitrogen and oxygen atoms in total. The van der Waals surface area contributed by atoms with Crippen molar-refractivity contribution in [3.63, 3.8) is 0 Å². The number of benzene rings is 2. The molecular weight excluding hydrogens is 360 g/mol. The minimum atomic E-state index is -0.333. The number of halogens is 4. The summed E-state index contributed by atoms with van der Waals surface area (Å²) in [6.45, 7) is 2.58. The summed E-state index contributed by atoms with van der Waals surface area (Å²) in [6.07, 6.45) is 0.332. The fourth-order valence-electron chi connectivity index (χ4n) is 2.24. The second-order valence-electron chi connectivity index (χ2n) is 4.72. The van der Waals surface area contributed by atoms with Gasteiger partial charge in [-0.15, -0.1) is 0 Å². The topological polar surface area (TPSA) is 12.0 Å². The molecule has 0 spiro atoms. The highest BCUT2D eigenvalue weighted by Crippen LogP contribution is 2.26. The lowest BCUT2D eigenvalue weighted by Gasteiger charge is -2.20. The van der Waals surface area contributed by atoms with Gasteiger partial charge in [0.25, 0.3) is 0 Å². The molecule has 2 rings (SSSR count). The minimum absolute atomic E-state index is 0.309. The Morgan fingerprint density at radius 2 is 1.90 bits per heavy atom. The molecule has 0 radical (unpaired) electrons. The number of likely N-dealkylation sites (N-methyl/N-ethyl adjacent to an activating group) is 1. The molecule has 0 fully saturated rings. The normalized spacial score (nSPS) is 12.4. The van der Waals surface area contributed by atoms with Crippen LogP contribution in [0.25, 0.3) is 0 Å². The molecule has 1 N–H and O–H groups in total. The number of nitrogens with one attached hydrogen (secondary N) is 1. The van der Waals surface area contributed by atoms with E-state index in [9.17, 15) is 8.78 Å². The molecule has 5 heteroatoms. The van der Waals surface area contributed by atoms with Crippen molar-refractivity contribution in [2.24, 2.45) is 0 Å². The Hall–Kier alpha value is -0.970. The molecule has 2 aromatic carbocycles. The fourth-order valence-corrected chi connectivity index (χ4v) is 2.77. The first-order valence-corrected chi connectivity index (χ1v) is 7.80. The maximum Gasteiger partial charge on any atom is 0.129 e. The van der Waals surface area contributed by atoms with E-state index in [1.165, 1.54) is 18.2 Å². The van der Waals surface area contributed by atoms with Gasteiger partial charge >= 0.3 is 0 Å². The van der Waals surface area contributed by atoms with Gasteiger partial charge in [0.15, 0.2) is 0 Å². The highest BCUT2D eigenvalue weighted by atomic mass is 79.9. The van der Waals surface area contributed by atoms with Crippen LogP contribution in [0, 0.1) is 11.6 Å². The van der Waals surface area contributed by atoms with Crippen molar-refractivity contribution in [2.45, 2.75) is 19.4 Å². The lowest BCUT2D eigenvalue weighted by atomic mass is 9.98. The summed E-state index contributed by atoms with van der Waals surface area (Å²) in [7, 11) is 0. The summed E-state index contributed by atoms with van der Waals surface area (Å²) < 4.78 is 28.7. The van der Waals surface area contributed by atoms with Crippen molar-refractivity contribution in [2.75, 3.05) is 6.54 Å². The Labute approximate surface area is 136 Å². The van der Waals surface area contributed by atoms with Crippen LogP contribution >= 0.6 is 27.5 Å². The van der Waals surface area contributed by atoms with Crippen LogP contribution in [-0.4, -0.2) is 6.54 Å². The molecule has 0 aliphatic heterocycles. The monoisotopic (exact) mass is 373 g/mol. The van der Waals surface area contributed by atoms with Crippen molar-refractivity contribution in [1.29, 1.82) is 0 Å². The van der Waals surface area contributed by atoms with Crippen LogP contribution in [0.3, 0.4) is 0 Å². The van der Waals surface area contributed by atoms with Gasteiger partial charge < -0.3 is 5.32 Å². The van der Waals surface area contributed by atoms with Crippen molar-refractivity contribution < 1.29 is 8.78 Å². The summed E-state index contributed by atoms with van der Waals surface area (Å²) in [6, 6.07) is 9.00. The highest BCUT2D eigenvalue weighted by molar-refractivity contribution is 9.10. The largest absolute Gasteiger partial charge is 0.310 e. The molecule has 0 aliphatic rings. The van der Waals surface area contributed by atoms with Crippen molar-refractivity contribution in [3.05, 3.63) is 68.7 Å². The van der Waals surface area contributed by atoms with E-state index in [2.05, 4.69) is 21.2 Å². The zero-order chi connectivity index (χ0) is 15.4. The molecule has 0 heterocycles. The summed E-state index contributed by atoms with van der Waals surface area (Å²) >= 11 is 9.14. The Morgan fingerprint density at radius 3 is 2.57 bits per heavy atom. The van der Waals surface area contributed by atoms with Gasteiger partial charge in [-0.05, 0) is 48.9 Å². The van der Waals surface area contributed by atoms with E-state index in [-0.39, 0.29) is 17.7 Å². The van der Waals surface area contributed by atoms with Gasteiger partial charge in [0.05, 0.1) is 0 Å². The molecule has 1 atom stereocenters. The maximum atomic E-state index is 14.1. The summed E-state index contributed by atoms with van der Waals surface area (Å²) in [5, 5.41) is 3.66. The molecule has 1 unspecified atom stereocenters. The molecule has 0 bridgehead atoms. The van der Waals surface area contributed by atoms with Gasteiger partial charge in [0.2, 0.25) is 0 Å². The smallest absolute Gasteiger partial charge is 0.129 e. The van der Waals surface area contributed by atoms with E-state index in [0.717, 1.165) is 0 Å². The quantitative estimate of drug-likeness (QED) is 0.751. The first kappa shape index (κ1) is 16.4. The summed E-state index contributed by atoms with van der Waals surface area (Å²) in [4.78, 5) is 0. The molecule has 2 aromatic rings. The Bertz CT molecular complexity index is 634. The van der Waals surface area contributed by atoms with Gasteiger partial charge in [-0.2, -0.15) is 0 Å². The first-order valence-electron chi connectivity index (χ1n) is 6.63. The third-order valence-electron chi connectivity index (χ3n) is 3.22. The molecule has 0 aromatic heterocycles. The third-order valence-corrected chi connectivity index (χ3v) is 3.95. The van der Waals surface area contributed by atoms with Gasteiger partial charge in [0, 0.05) is 21.1 Å². The second kappa shape index (κ2) is 7.34. The molecular formula is C16H15BrClF2N. The molecule has 112 valence electrons. The second-order valence-corrected chi connectivity index (χ2v) is 6.07. The average Bonchev–Trinajstić information content (AvgIpc) is 2.42. The summed E-state index contributed by atoms with van der Waals surface area (Å²) in [5.74, 6) is -0.655. The number of hydrogen-bond acceptors (Lipinski definition) is 1. The van der Waals surface area contributed by atoms with E-state index in [1.807, 2.05) is 6.92 Å². The van der Waals surface area contributed by atoms with Crippen LogP contribution in [0.1, 0.15) is 24.1 Å². The SMILES string of the molecule is CCNC(Cc1cc(Cl)ccc1F)c1ccc(Br)cc1F. The molecule has 21 heavy (non-hydrogen) atoms. The standard InChI is InChI=1S/C16H15BrClF2N/c1-2-21-16(13-5-3-11(17)9-15(13)20)8-10-7-12(18)4-6-14(10)19/h3-7,9,16,21H,2,8H2,1H3. The maximum absolute atomic E-state index is 14.1. The molecule has 0 saturated carbocycles. The van der Waals surface area contributed by atoms with Gasteiger partial charge in [-0.1, -0.05) is 40.5 Å². The van der Waals surface area contributed by atoms with E-state index in [4.69, 9.17) is 11.6 Å². The van der Waals surface area contributed by atoms with Crippen LogP contribution in [0.15, 0.2) is 40.9 Å². The Kier molecular flexibility index (Phi) is 5.73. The molecule has 0 aliphatic carbocycles. The lowest BCUT2D eigenvalue weighted by molar-refractivity contribution is 0.498. The number of hydrogen-bond donors (Lipinski definition) is 1. The van der Waals surface area contributed by atoms with Gasteiger partial charge in [-0.25, -0.2) is 8.78 Å². The van der Waals surface area contributed by atoms with E-state index >= 15 is 0 Å². The predicted octanol–water partition coefficient (Wildman–Crippen LogP) is 5.27. The number of rotatable bonds is 5. The zero-order valence-corrected chi connectivity index (χ0v) is 13.8. The zero-order valence-electron chi connectivity index (χ0n) is 11.5. The Morgan fingerprint density at radius 1 is 1.14 bits per heavy atom. The van der Waals surface area contributed by atoms with Gasteiger partial charge in [0.1, 0.15) is 11.6 Å². The van der Waals surface area contributed by atoms with Crippen LogP contribution in [0.4, 0.5) is 8.78 Å². The average molecular weight is 375 g/mol. The molecule has 0 amide bonds. The van der Waals surface area contributed by atoms with Crippen molar-refractivity contribution in [3.8, 4) is 0 Å². The minimum Gasteiger partial charge on any atom is -0.310 e. The third kappa shape index (κ3) is 4.25. The van der Waals surface area contributed by atoms with Gasteiger partial charge in [-0.3, -0.25) is 0 Å².